The summed E-state index contributed by atoms with van der Waals surface area (Å²) < 4.78 is 3.69. The third kappa shape index (κ3) is 3.66. The highest BCUT2D eigenvalue weighted by Gasteiger charge is 2.01. The molecule has 3 heterocycles. The quantitative estimate of drug-likeness (QED) is 0.664. The van der Waals surface area contributed by atoms with E-state index in [1.54, 1.807) is 17.3 Å². The Bertz CT molecular complexity index is 686. The summed E-state index contributed by atoms with van der Waals surface area (Å²) in [5, 5.41) is 23.5. The summed E-state index contributed by atoms with van der Waals surface area (Å²) in [6.45, 7) is 3.73. The molecule has 0 aromatic carbocycles. The van der Waals surface area contributed by atoms with Gasteiger partial charge in [0.05, 0.1) is 5.69 Å². The third-order valence-corrected chi connectivity index (χ3v) is 3.22. The topological polar surface area (TPSA) is 86.3 Å². The molecule has 0 bridgehead atoms. The minimum absolute atomic E-state index is 0.714. The number of hydrogen-bond acceptors (Lipinski definition) is 6. The van der Waals surface area contributed by atoms with E-state index >= 15 is 0 Å². The van der Waals surface area contributed by atoms with Gasteiger partial charge in [-0.25, -0.2) is 4.68 Å². The lowest BCUT2D eigenvalue weighted by Crippen LogP contribution is -2.07. The monoisotopic (exact) mass is 298 g/mol. The van der Waals surface area contributed by atoms with Crippen LogP contribution >= 0.6 is 0 Å². The van der Waals surface area contributed by atoms with Gasteiger partial charge in [-0.15, -0.1) is 20.4 Å². The van der Waals surface area contributed by atoms with Crippen LogP contribution in [0.3, 0.4) is 0 Å². The SMILES string of the molecule is Cc1ccn(-c2ccc(NCCCCn3cnnc3)nn2)n1. The van der Waals surface area contributed by atoms with Gasteiger partial charge in [0.1, 0.15) is 18.5 Å². The number of nitrogens with zero attached hydrogens (tertiary/aromatic N) is 7. The highest BCUT2D eigenvalue weighted by molar-refractivity contribution is 5.35. The average Bonchev–Trinajstić information content (AvgIpc) is 3.19. The van der Waals surface area contributed by atoms with Crippen molar-refractivity contribution in [3.05, 3.63) is 42.7 Å². The zero-order chi connectivity index (χ0) is 15.2. The molecule has 0 aliphatic rings. The van der Waals surface area contributed by atoms with Crippen molar-refractivity contribution >= 4 is 5.82 Å². The Morgan fingerprint density at radius 3 is 2.59 bits per heavy atom. The average molecular weight is 298 g/mol. The first-order chi connectivity index (χ1) is 10.8. The number of rotatable bonds is 7. The molecule has 3 aromatic heterocycles. The first kappa shape index (κ1) is 14.2. The Labute approximate surface area is 128 Å². The lowest BCUT2D eigenvalue weighted by Gasteiger charge is -2.06. The summed E-state index contributed by atoms with van der Waals surface area (Å²) in [7, 11) is 0. The highest BCUT2D eigenvalue weighted by atomic mass is 15.3. The summed E-state index contributed by atoms with van der Waals surface area (Å²) in [6.07, 6.45) is 7.43. The molecule has 1 N–H and O–H groups in total. The fraction of sp³-hybridized carbons (Fsp3) is 0.357. The molecule has 8 nitrogen and oxygen atoms in total. The van der Waals surface area contributed by atoms with E-state index in [4.69, 9.17) is 0 Å². The molecule has 0 radical (unpaired) electrons. The predicted molar refractivity (Wildman–Crippen MR) is 81.6 cm³/mol. The van der Waals surface area contributed by atoms with Gasteiger partial charge in [-0.05, 0) is 38.0 Å². The number of unbranched alkanes of at least 4 members (excludes halogenated alkanes) is 1. The second-order valence-corrected chi connectivity index (χ2v) is 5.01. The van der Waals surface area contributed by atoms with Crippen LogP contribution in [0.5, 0.6) is 0 Å². The van der Waals surface area contributed by atoms with Gasteiger partial charge in [-0.3, -0.25) is 0 Å². The van der Waals surface area contributed by atoms with Crippen molar-refractivity contribution in [1.82, 2.24) is 34.7 Å². The Balaban J connectivity index is 1.43. The number of nitrogens with one attached hydrogen (secondary N) is 1. The van der Waals surface area contributed by atoms with E-state index < -0.39 is 0 Å². The second kappa shape index (κ2) is 6.79. The smallest absolute Gasteiger partial charge is 0.175 e. The van der Waals surface area contributed by atoms with Crippen molar-refractivity contribution in [2.24, 2.45) is 0 Å². The molecule has 0 amide bonds. The van der Waals surface area contributed by atoms with Crippen LogP contribution in [0.4, 0.5) is 5.82 Å². The molecule has 0 aliphatic carbocycles. The van der Waals surface area contributed by atoms with Gasteiger partial charge in [-0.1, -0.05) is 0 Å². The van der Waals surface area contributed by atoms with Crippen LogP contribution in [0.15, 0.2) is 37.1 Å². The number of anilines is 1. The van der Waals surface area contributed by atoms with E-state index in [2.05, 4.69) is 30.8 Å². The van der Waals surface area contributed by atoms with E-state index in [1.165, 1.54) is 0 Å². The molecule has 3 aromatic rings. The van der Waals surface area contributed by atoms with Crippen molar-refractivity contribution in [1.29, 1.82) is 0 Å². The Morgan fingerprint density at radius 2 is 1.91 bits per heavy atom. The van der Waals surface area contributed by atoms with Crippen molar-refractivity contribution in [2.75, 3.05) is 11.9 Å². The second-order valence-electron chi connectivity index (χ2n) is 5.01. The van der Waals surface area contributed by atoms with Crippen molar-refractivity contribution in [3.8, 4) is 5.82 Å². The van der Waals surface area contributed by atoms with Crippen molar-refractivity contribution < 1.29 is 0 Å². The first-order valence-corrected chi connectivity index (χ1v) is 7.24. The summed E-state index contributed by atoms with van der Waals surface area (Å²) in [4.78, 5) is 0. The van der Waals surface area contributed by atoms with Crippen LogP contribution in [0, 0.1) is 6.92 Å². The van der Waals surface area contributed by atoms with Crippen LogP contribution in [0.25, 0.3) is 5.82 Å². The summed E-state index contributed by atoms with van der Waals surface area (Å²) >= 11 is 0. The Kier molecular flexibility index (Phi) is 4.38. The van der Waals surface area contributed by atoms with E-state index in [0.29, 0.717) is 5.82 Å². The number of hydrogen-bond donors (Lipinski definition) is 1. The molecule has 0 atom stereocenters. The maximum atomic E-state index is 4.30. The van der Waals surface area contributed by atoms with E-state index in [0.717, 1.165) is 37.4 Å². The number of aryl methyl sites for hydroxylation is 2. The molecule has 8 heteroatoms. The van der Waals surface area contributed by atoms with Gasteiger partial charge in [0.15, 0.2) is 5.82 Å². The van der Waals surface area contributed by atoms with Gasteiger partial charge < -0.3 is 9.88 Å². The largest absolute Gasteiger partial charge is 0.369 e. The molecule has 0 fully saturated rings. The summed E-state index contributed by atoms with van der Waals surface area (Å²) in [6, 6.07) is 5.75. The van der Waals surface area contributed by atoms with Crippen molar-refractivity contribution in [3.63, 3.8) is 0 Å². The molecule has 0 saturated heterocycles. The minimum atomic E-state index is 0.714. The molecule has 114 valence electrons. The van der Waals surface area contributed by atoms with Crippen LogP contribution in [-0.4, -0.2) is 41.3 Å². The highest BCUT2D eigenvalue weighted by Crippen LogP contribution is 2.07. The van der Waals surface area contributed by atoms with Gasteiger partial charge in [0, 0.05) is 19.3 Å². The Hall–Kier alpha value is -2.77. The van der Waals surface area contributed by atoms with Crippen LogP contribution in [0.2, 0.25) is 0 Å². The van der Waals surface area contributed by atoms with Gasteiger partial charge in [0.25, 0.3) is 0 Å². The van der Waals surface area contributed by atoms with E-state index in [-0.39, 0.29) is 0 Å². The van der Waals surface area contributed by atoms with Crippen molar-refractivity contribution in [2.45, 2.75) is 26.3 Å². The van der Waals surface area contributed by atoms with Gasteiger partial charge in [-0.2, -0.15) is 5.10 Å². The number of aromatic nitrogens is 7. The lowest BCUT2D eigenvalue weighted by atomic mass is 10.3. The normalized spacial score (nSPS) is 10.8. The molecule has 22 heavy (non-hydrogen) atoms. The first-order valence-electron chi connectivity index (χ1n) is 7.24. The van der Waals surface area contributed by atoms with Gasteiger partial charge in [0.2, 0.25) is 0 Å². The van der Waals surface area contributed by atoms with Crippen LogP contribution in [0.1, 0.15) is 18.5 Å². The minimum Gasteiger partial charge on any atom is -0.369 e. The van der Waals surface area contributed by atoms with E-state index in [1.807, 2.05) is 35.9 Å². The molecule has 3 rings (SSSR count). The van der Waals surface area contributed by atoms with Gasteiger partial charge >= 0.3 is 0 Å². The molecule has 0 aliphatic heterocycles. The van der Waals surface area contributed by atoms with Crippen LogP contribution < -0.4 is 5.32 Å². The van der Waals surface area contributed by atoms with E-state index in [9.17, 15) is 0 Å². The lowest BCUT2D eigenvalue weighted by molar-refractivity contribution is 0.619. The molecule has 0 unspecified atom stereocenters. The molecular formula is C14H18N8. The fourth-order valence-electron chi connectivity index (χ4n) is 2.06. The third-order valence-electron chi connectivity index (χ3n) is 3.22. The fourth-order valence-corrected chi connectivity index (χ4v) is 2.06. The zero-order valence-corrected chi connectivity index (χ0v) is 12.4. The Morgan fingerprint density at radius 1 is 1.05 bits per heavy atom. The zero-order valence-electron chi connectivity index (χ0n) is 12.4. The molecule has 0 saturated carbocycles. The summed E-state index contributed by atoms with van der Waals surface area (Å²) in [5.41, 5.74) is 0.956. The molecule has 0 spiro atoms. The standard InChI is InChI=1S/C14H18N8/c1-12-6-9-22(20-12)14-5-4-13(18-19-14)15-7-2-3-8-21-10-16-17-11-21/h4-6,9-11H,2-3,7-8H2,1H3,(H,15,18). The van der Waals surface area contributed by atoms with Crippen LogP contribution in [-0.2, 0) is 6.54 Å². The molecular weight excluding hydrogens is 280 g/mol. The maximum Gasteiger partial charge on any atom is 0.175 e. The maximum absolute atomic E-state index is 4.30. The predicted octanol–water partition coefficient (Wildman–Crippen LogP) is 1.45. The summed E-state index contributed by atoms with van der Waals surface area (Å²) in [5.74, 6) is 1.49.